The Morgan fingerprint density at radius 1 is 1.30 bits per heavy atom. The highest BCUT2D eigenvalue weighted by atomic mass is 35.5. The smallest absolute Gasteiger partial charge is 0.244 e. The van der Waals surface area contributed by atoms with E-state index < -0.39 is 0 Å². The molecule has 0 unspecified atom stereocenters. The molecule has 4 heterocycles. The third-order valence-corrected chi connectivity index (χ3v) is 5.40. The molecule has 3 aromatic rings. The zero-order valence-electron chi connectivity index (χ0n) is 15.9. The Bertz CT molecular complexity index is 944. The topological polar surface area (TPSA) is 86.0 Å². The van der Waals surface area contributed by atoms with E-state index in [4.69, 9.17) is 20.6 Å². The summed E-state index contributed by atoms with van der Waals surface area (Å²) in [7, 11) is 1.83. The summed E-state index contributed by atoms with van der Waals surface area (Å²) in [6.45, 7) is 7.55. The molecule has 8 nitrogen and oxygen atoms in total. The summed E-state index contributed by atoms with van der Waals surface area (Å²) in [5, 5.41) is 13.4. The summed E-state index contributed by atoms with van der Waals surface area (Å²) in [4.78, 5) is 6.91. The molecule has 1 atom stereocenters. The van der Waals surface area contributed by atoms with Crippen molar-refractivity contribution in [3.05, 3.63) is 34.3 Å². The molecule has 0 amide bonds. The van der Waals surface area contributed by atoms with Crippen LogP contribution in [0.1, 0.15) is 61.7 Å². The highest BCUT2D eigenvalue weighted by Gasteiger charge is 2.33. The normalized spacial score (nSPS) is 18.1. The van der Waals surface area contributed by atoms with E-state index in [0.717, 1.165) is 42.2 Å². The number of nitrogens with zero attached hydrogens (tertiary/aromatic N) is 6. The second-order valence-corrected chi connectivity index (χ2v) is 7.70. The quantitative estimate of drug-likeness (QED) is 0.653. The van der Waals surface area contributed by atoms with Crippen molar-refractivity contribution in [1.29, 1.82) is 0 Å². The maximum Gasteiger partial charge on any atom is 0.244 e. The first-order valence-electron chi connectivity index (χ1n) is 9.16. The molecule has 0 N–H and O–H groups in total. The SMILES string of the molecule is Cc1cc(-c2nn(C)c(Cl)c2CN2CCC[C@H]2c2nc(C(C)C)no2)no1. The average molecular weight is 391 g/mol. The van der Waals surface area contributed by atoms with Gasteiger partial charge in [-0.15, -0.1) is 0 Å². The van der Waals surface area contributed by atoms with Crippen molar-refractivity contribution < 1.29 is 9.05 Å². The molecule has 1 saturated heterocycles. The van der Waals surface area contributed by atoms with Gasteiger partial charge in [-0.1, -0.05) is 35.8 Å². The predicted octanol–water partition coefficient (Wildman–Crippen LogP) is 3.88. The zero-order valence-corrected chi connectivity index (χ0v) is 16.7. The lowest BCUT2D eigenvalue weighted by atomic mass is 10.1. The highest BCUT2D eigenvalue weighted by Crippen LogP contribution is 2.36. The van der Waals surface area contributed by atoms with Crippen LogP contribution in [-0.4, -0.2) is 36.5 Å². The zero-order chi connectivity index (χ0) is 19.1. The summed E-state index contributed by atoms with van der Waals surface area (Å²) in [6, 6.07) is 1.96. The number of aryl methyl sites for hydroxylation is 2. The average Bonchev–Trinajstić information content (AvgIpc) is 3.39. The van der Waals surface area contributed by atoms with Crippen LogP contribution in [-0.2, 0) is 13.6 Å². The van der Waals surface area contributed by atoms with E-state index >= 15 is 0 Å². The van der Waals surface area contributed by atoms with Gasteiger partial charge < -0.3 is 9.05 Å². The van der Waals surface area contributed by atoms with E-state index in [1.807, 2.05) is 20.0 Å². The van der Waals surface area contributed by atoms with Crippen LogP contribution in [0.2, 0.25) is 5.15 Å². The lowest BCUT2D eigenvalue weighted by Gasteiger charge is -2.21. The lowest BCUT2D eigenvalue weighted by Crippen LogP contribution is -2.23. The molecule has 1 fully saturated rings. The van der Waals surface area contributed by atoms with Gasteiger partial charge in [0, 0.05) is 31.1 Å². The van der Waals surface area contributed by atoms with Gasteiger partial charge >= 0.3 is 0 Å². The Morgan fingerprint density at radius 2 is 2.11 bits per heavy atom. The van der Waals surface area contributed by atoms with E-state index in [1.165, 1.54) is 0 Å². The minimum absolute atomic E-state index is 0.0909. The van der Waals surface area contributed by atoms with Gasteiger partial charge in [-0.25, -0.2) is 0 Å². The molecule has 144 valence electrons. The van der Waals surface area contributed by atoms with Crippen molar-refractivity contribution in [2.45, 2.75) is 52.1 Å². The van der Waals surface area contributed by atoms with Crippen LogP contribution >= 0.6 is 11.6 Å². The van der Waals surface area contributed by atoms with Crippen LogP contribution in [0, 0.1) is 6.92 Å². The fraction of sp³-hybridized carbons (Fsp3) is 0.556. The van der Waals surface area contributed by atoms with Crippen molar-refractivity contribution >= 4 is 11.6 Å². The van der Waals surface area contributed by atoms with Gasteiger partial charge in [0.15, 0.2) is 5.82 Å². The predicted molar refractivity (Wildman–Crippen MR) is 99.2 cm³/mol. The molecular formula is C18H23ClN6O2. The van der Waals surface area contributed by atoms with Crippen molar-refractivity contribution in [3.63, 3.8) is 0 Å². The summed E-state index contributed by atoms with van der Waals surface area (Å²) in [5.74, 6) is 2.40. The lowest BCUT2D eigenvalue weighted by molar-refractivity contribution is 0.201. The third-order valence-electron chi connectivity index (χ3n) is 4.92. The van der Waals surface area contributed by atoms with E-state index in [0.29, 0.717) is 23.3 Å². The number of aromatic nitrogens is 5. The number of hydrogen-bond acceptors (Lipinski definition) is 7. The van der Waals surface area contributed by atoms with Crippen LogP contribution in [0.25, 0.3) is 11.4 Å². The van der Waals surface area contributed by atoms with Gasteiger partial charge in [-0.05, 0) is 26.3 Å². The van der Waals surface area contributed by atoms with E-state index in [1.54, 1.807) is 4.68 Å². The van der Waals surface area contributed by atoms with Crippen LogP contribution < -0.4 is 0 Å². The number of rotatable bonds is 5. The maximum atomic E-state index is 6.55. The monoisotopic (exact) mass is 390 g/mol. The van der Waals surface area contributed by atoms with Crippen molar-refractivity contribution in [3.8, 4) is 11.4 Å². The molecule has 27 heavy (non-hydrogen) atoms. The van der Waals surface area contributed by atoms with Crippen molar-refractivity contribution in [2.24, 2.45) is 7.05 Å². The molecule has 0 aromatic carbocycles. The summed E-state index contributed by atoms with van der Waals surface area (Å²) in [5.41, 5.74) is 2.38. The van der Waals surface area contributed by atoms with E-state index in [9.17, 15) is 0 Å². The summed E-state index contributed by atoms with van der Waals surface area (Å²) in [6.07, 6.45) is 2.05. The van der Waals surface area contributed by atoms with Gasteiger partial charge in [0.05, 0.1) is 6.04 Å². The van der Waals surface area contributed by atoms with Crippen molar-refractivity contribution in [2.75, 3.05) is 6.54 Å². The Kier molecular flexibility index (Phi) is 4.77. The fourth-order valence-corrected chi connectivity index (χ4v) is 3.67. The standard InChI is InChI=1S/C18H23ClN6O2/c1-10(2)17-20-18(27-23-17)14-6-5-7-25(14)9-12-15(21-24(4)16(12)19)13-8-11(3)26-22-13/h8,10,14H,5-7,9H2,1-4H3/t14-/m0/s1. The van der Waals surface area contributed by atoms with Gasteiger partial charge in [0.25, 0.3) is 0 Å². The maximum absolute atomic E-state index is 6.55. The molecule has 3 aromatic heterocycles. The highest BCUT2D eigenvalue weighted by molar-refractivity contribution is 6.30. The molecule has 0 saturated carbocycles. The Morgan fingerprint density at radius 3 is 2.78 bits per heavy atom. The van der Waals surface area contributed by atoms with Crippen LogP contribution in [0.15, 0.2) is 15.1 Å². The van der Waals surface area contributed by atoms with Gasteiger partial charge in [0.1, 0.15) is 22.3 Å². The van der Waals surface area contributed by atoms with Crippen LogP contribution in [0.5, 0.6) is 0 Å². The molecule has 1 aliphatic rings. The molecule has 0 radical (unpaired) electrons. The van der Waals surface area contributed by atoms with Gasteiger partial charge in [-0.3, -0.25) is 9.58 Å². The van der Waals surface area contributed by atoms with Crippen molar-refractivity contribution in [1.82, 2.24) is 30.0 Å². The molecule has 0 aliphatic carbocycles. The van der Waals surface area contributed by atoms with Gasteiger partial charge in [-0.2, -0.15) is 10.1 Å². The first kappa shape index (κ1) is 18.2. The molecule has 1 aliphatic heterocycles. The summed E-state index contributed by atoms with van der Waals surface area (Å²) >= 11 is 6.55. The first-order chi connectivity index (χ1) is 12.9. The minimum Gasteiger partial charge on any atom is -0.361 e. The first-order valence-corrected chi connectivity index (χ1v) is 9.54. The molecule has 0 spiro atoms. The molecule has 9 heteroatoms. The molecular weight excluding hydrogens is 368 g/mol. The van der Waals surface area contributed by atoms with Crippen LogP contribution in [0.3, 0.4) is 0 Å². The van der Waals surface area contributed by atoms with Crippen LogP contribution in [0.4, 0.5) is 0 Å². The Hall–Kier alpha value is -2.19. The van der Waals surface area contributed by atoms with Gasteiger partial charge in [0.2, 0.25) is 5.89 Å². The minimum atomic E-state index is 0.0909. The Labute approximate surface area is 162 Å². The second-order valence-electron chi connectivity index (χ2n) is 7.34. The fourth-order valence-electron chi connectivity index (χ4n) is 3.49. The molecule has 4 rings (SSSR count). The van der Waals surface area contributed by atoms with E-state index in [2.05, 4.69) is 39.1 Å². The Balaban J connectivity index is 1.63. The number of halogens is 1. The van der Waals surface area contributed by atoms with E-state index in [-0.39, 0.29) is 12.0 Å². The third kappa shape index (κ3) is 3.39. The largest absolute Gasteiger partial charge is 0.361 e. The number of hydrogen-bond donors (Lipinski definition) is 0. The molecule has 0 bridgehead atoms. The second kappa shape index (κ2) is 7.09. The summed E-state index contributed by atoms with van der Waals surface area (Å²) < 4.78 is 12.4. The number of likely N-dealkylation sites (tertiary alicyclic amines) is 1.